The fraction of sp³-hybridized carbons (Fsp3) is 0.944. The zero-order valence-corrected chi connectivity index (χ0v) is 39.8. The van der Waals surface area contributed by atoms with Crippen molar-refractivity contribution >= 4 is 17.7 Å². The lowest BCUT2D eigenvalue weighted by atomic mass is 10.0. The first-order valence-electron chi connectivity index (χ1n) is 26.8. The van der Waals surface area contributed by atoms with Crippen LogP contribution < -0.4 is 0 Å². The molecular weight excluding hydrogens is 713 g/mol. The van der Waals surface area contributed by atoms with E-state index in [1.807, 2.05) is 0 Å². The van der Waals surface area contributed by atoms with E-state index in [-0.39, 0.29) is 11.9 Å². The summed E-state index contributed by atoms with van der Waals surface area (Å²) in [5.41, 5.74) is 0. The summed E-state index contributed by atoms with van der Waals surface area (Å²) in [6, 6.07) is 0. The second-order valence-electron chi connectivity index (χ2n) is 18.6. The largest absolute Gasteiger partial charge is 0.393 e. The van der Waals surface area contributed by atoms with Gasteiger partial charge in [-0.05, 0) is 25.7 Å². The molecule has 0 heterocycles. The maximum atomic E-state index is 12.2. The van der Waals surface area contributed by atoms with Crippen molar-refractivity contribution in [3.05, 3.63) is 0 Å². The molecule has 0 spiro atoms. The van der Waals surface area contributed by atoms with Gasteiger partial charge in [0.25, 0.3) is 0 Å². The third-order valence-corrected chi connectivity index (χ3v) is 12.6. The van der Waals surface area contributed by atoms with Crippen LogP contribution in [0.2, 0.25) is 0 Å². The Hall–Kier alpha value is -1.19. The lowest BCUT2D eigenvalue weighted by Gasteiger charge is -2.05. The Morgan fingerprint density at radius 1 is 0.224 bits per heavy atom. The summed E-state index contributed by atoms with van der Waals surface area (Å²) >= 11 is 0. The van der Waals surface area contributed by atoms with Crippen LogP contribution in [0.25, 0.3) is 0 Å². The fourth-order valence-corrected chi connectivity index (χ4v) is 8.58. The van der Waals surface area contributed by atoms with Crippen molar-refractivity contribution in [3.63, 3.8) is 0 Å². The molecule has 344 valence electrons. The molecule has 0 aliphatic rings. The molecule has 0 aromatic carbocycles. The smallest absolute Gasteiger partial charge is 0.313 e. The van der Waals surface area contributed by atoms with Crippen molar-refractivity contribution in [2.45, 2.75) is 328 Å². The Bertz CT molecular complexity index is 837. The summed E-state index contributed by atoms with van der Waals surface area (Å²) in [5, 5.41) is 0. The van der Waals surface area contributed by atoms with E-state index in [2.05, 4.69) is 13.8 Å². The molecule has 0 saturated heterocycles. The van der Waals surface area contributed by atoms with Crippen LogP contribution in [0.4, 0.5) is 0 Å². The Labute approximate surface area is 364 Å². The maximum absolute atomic E-state index is 12.2. The van der Waals surface area contributed by atoms with Crippen LogP contribution in [0.1, 0.15) is 328 Å². The highest BCUT2D eigenvalue weighted by Crippen LogP contribution is 2.18. The fourth-order valence-electron chi connectivity index (χ4n) is 8.58. The summed E-state index contributed by atoms with van der Waals surface area (Å²) in [7, 11) is 0. The van der Waals surface area contributed by atoms with E-state index in [0.29, 0.717) is 18.6 Å². The van der Waals surface area contributed by atoms with E-state index in [9.17, 15) is 14.4 Å². The molecule has 0 fully saturated rings. The average Bonchev–Trinajstić information content (AvgIpc) is 3.21. The monoisotopic (exact) mass is 817 g/mol. The van der Waals surface area contributed by atoms with E-state index in [1.165, 1.54) is 250 Å². The lowest BCUT2D eigenvalue weighted by Crippen LogP contribution is -2.11. The van der Waals surface area contributed by atoms with Gasteiger partial charge in [-0.25, -0.2) is 0 Å². The molecule has 0 N–H and O–H groups in total. The second kappa shape index (κ2) is 50.2. The van der Waals surface area contributed by atoms with E-state index < -0.39 is 0 Å². The number of esters is 2. The van der Waals surface area contributed by atoms with Crippen LogP contribution in [0.5, 0.6) is 0 Å². The summed E-state index contributed by atoms with van der Waals surface area (Å²) in [4.78, 5) is 36.3. The highest BCUT2D eigenvalue weighted by Gasteiger charge is 2.10. The van der Waals surface area contributed by atoms with Gasteiger partial charge in [0, 0.05) is 25.7 Å². The first kappa shape index (κ1) is 56.8. The number of ether oxygens (including phenoxy) is 1. The van der Waals surface area contributed by atoms with Crippen molar-refractivity contribution in [1.29, 1.82) is 0 Å². The molecule has 0 aliphatic carbocycles. The Balaban J connectivity index is 3.28. The molecule has 0 aliphatic heterocycles. The maximum Gasteiger partial charge on any atom is 0.313 e. The predicted molar refractivity (Wildman–Crippen MR) is 254 cm³/mol. The molecule has 4 heteroatoms. The Morgan fingerprint density at radius 2 is 0.379 bits per heavy atom. The van der Waals surface area contributed by atoms with Crippen LogP contribution in [0, 0.1) is 0 Å². The number of hydrogen-bond acceptors (Lipinski definition) is 4. The van der Waals surface area contributed by atoms with Crippen molar-refractivity contribution in [2.75, 3.05) is 0 Å². The van der Waals surface area contributed by atoms with Gasteiger partial charge in [-0.1, -0.05) is 277 Å². The minimum Gasteiger partial charge on any atom is -0.393 e. The van der Waals surface area contributed by atoms with Crippen LogP contribution in [-0.2, 0) is 19.1 Å². The SMILES string of the molecule is CCCCCCCCCCCCCCCCCC(=O)CCCCCCCCCCCCCCCCCC(=O)OC(=O)CCCCCCCCCCCCCCCCC. The van der Waals surface area contributed by atoms with Gasteiger partial charge >= 0.3 is 11.9 Å². The van der Waals surface area contributed by atoms with Crippen molar-refractivity contribution in [2.24, 2.45) is 0 Å². The number of hydrogen-bond donors (Lipinski definition) is 0. The first-order chi connectivity index (χ1) is 28.6. The van der Waals surface area contributed by atoms with Gasteiger partial charge in [0.1, 0.15) is 5.78 Å². The third-order valence-electron chi connectivity index (χ3n) is 12.6. The third kappa shape index (κ3) is 49.2. The zero-order valence-electron chi connectivity index (χ0n) is 39.8. The molecule has 0 bridgehead atoms. The number of carbonyl (C=O) groups is 3. The quantitative estimate of drug-likeness (QED) is 0.0349. The second-order valence-corrected chi connectivity index (χ2v) is 18.6. The standard InChI is InChI=1S/C54H104O4/c1-3-5-7-9-11-13-15-17-20-24-28-32-36-40-44-48-52(55)49-45-41-37-33-29-25-22-19-23-27-31-35-39-43-47-51-54(57)58-53(56)50-46-42-38-34-30-26-21-18-16-14-12-10-8-6-4-2/h3-51H2,1-2H3. The van der Waals surface area contributed by atoms with Gasteiger partial charge in [0.05, 0.1) is 0 Å². The van der Waals surface area contributed by atoms with E-state index >= 15 is 0 Å². The number of carbonyl (C=O) groups excluding carboxylic acids is 3. The van der Waals surface area contributed by atoms with Gasteiger partial charge in [-0.2, -0.15) is 0 Å². The number of ketones is 1. The topological polar surface area (TPSA) is 60.4 Å². The molecule has 0 unspecified atom stereocenters. The molecule has 0 amide bonds. The highest BCUT2D eigenvalue weighted by atomic mass is 16.6. The summed E-state index contributed by atoms with van der Waals surface area (Å²) in [6.45, 7) is 4.57. The van der Waals surface area contributed by atoms with E-state index in [4.69, 9.17) is 4.74 Å². The predicted octanol–water partition coefficient (Wildman–Crippen LogP) is 18.8. The van der Waals surface area contributed by atoms with Gasteiger partial charge in [0.2, 0.25) is 0 Å². The molecule has 0 aromatic heterocycles. The van der Waals surface area contributed by atoms with Crippen LogP contribution in [0.15, 0.2) is 0 Å². The van der Waals surface area contributed by atoms with Crippen molar-refractivity contribution < 1.29 is 19.1 Å². The Kier molecular flexibility index (Phi) is 49.1. The molecule has 0 radical (unpaired) electrons. The van der Waals surface area contributed by atoms with Crippen LogP contribution >= 0.6 is 0 Å². The number of Topliss-reactive ketones (excluding diaryl/α,β-unsaturated/α-hetero) is 1. The summed E-state index contributed by atoms with van der Waals surface area (Å²) in [6.07, 6.45) is 61.2. The van der Waals surface area contributed by atoms with Gasteiger partial charge in [-0.3, -0.25) is 14.4 Å². The van der Waals surface area contributed by atoms with Crippen LogP contribution in [-0.4, -0.2) is 17.7 Å². The molecular formula is C54H104O4. The van der Waals surface area contributed by atoms with Gasteiger partial charge in [0.15, 0.2) is 0 Å². The van der Waals surface area contributed by atoms with E-state index in [1.54, 1.807) is 0 Å². The molecule has 0 saturated carbocycles. The van der Waals surface area contributed by atoms with Crippen molar-refractivity contribution in [1.82, 2.24) is 0 Å². The van der Waals surface area contributed by atoms with E-state index in [0.717, 1.165) is 51.4 Å². The first-order valence-corrected chi connectivity index (χ1v) is 26.8. The zero-order chi connectivity index (χ0) is 42.1. The lowest BCUT2D eigenvalue weighted by molar-refractivity contribution is -0.159. The van der Waals surface area contributed by atoms with Gasteiger partial charge < -0.3 is 4.74 Å². The molecule has 58 heavy (non-hydrogen) atoms. The normalized spacial score (nSPS) is 11.4. The molecule has 0 rings (SSSR count). The summed E-state index contributed by atoms with van der Waals surface area (Å²) in [5.74, 6) is -0.159. The summed E-state index contributed by atoms with van der Waals surface area (Å²) < 4.78 is 5.05. The minimum absolute atomic E-state index is 0.330. The van der Waals surface area contributed by atoms with Crippen LogP contribution in [0.3, 0.4) is 0 Å². The molecule has 4 nitrogen and oxygen atoms in total. The van der Waals surface area contributed by atoms with Crippen molar-refractivity contribution in [3.8, 4) is 0 Å². The minimum atomic E-state index is -0.332. The van der Waals surface area contributed by atoms with Gasteiger partial charge in [-0.15, -0.1) is 0 Å². The Morgan fingerprint density at radius 3 is 0.569 bits per heavy atom. The average molecular weight is 817 g/mol. The number of unbranched alkanes of at least 4 members (excludes halogenated alkanes) is 42. The molecule has 0 atom stereocenters. The number of rotatable bonds is 50. The highest BCUT2D eigenvalue weighted by molar-refractivity contribution is 5.85. The molecule has 0 aromatic rings.